The van der Waals surface area contributed by atoms with Crippen LogP contribution in [0.1, 0.15) is 22.8 Å². The number of rotatable bonds is 3. The van der Waals surface area contributed by atoms with Crippen molar-refractivity contribution in [3.8, 4) is 22.9 Å². The van der Waals surface area contributed by atoms with Gasteiger partial charge >= 0.3 is 0 Å². The Morgan fingerprint density at radius 1 is 1.20 bits per heavy atom. The van der Waals surface area contributed by atoms with E-state index in [1.807, 2.05) is 6.07 Å². The molecule has 0 aromatic heterocycles. The van der Waals surface area contributed by atoms with Gasteiger partial charge in [0, 0.05) is 11.1 Å². The topological polar surface area (TPSA) is 50.1 Å². The fourth-order valence-corrected chi connectivity index (χ4v) is 2.03. The highest BCUT2D eigenvalue weighted by molar-refractivity contribution is 6.01. The number of benzene rings is 2. The smallest absolute Gasteiger partial charge is 0.160 e. The lowest BCUT2D eigenvalue weighted by atomic mass is 9.95. The van der Waals surface area contributed by atoms with E-state index < -0.39 is 5.82 Å². The van der Waals surface area contributed by atoms with Crippen LogP contribution in [0.4, 0.5) is 4.39 Å². The van der Waals surface area contributed by atoms with E-state index in [9.17, 15) is 9.18 Å². The molecule has 20 heavy (non-hydrogen) atoms. The van der Waals surface area contributed by atoms with Gasteiger partial charge in [-0.2, -0.15) is 5.26 Å². The Kier molecular flexibility index (Phi) is 3.81. The highest BCUT2D eigenvalue weighted by atomic mass is 19.1. The molecule has 0 radical (unpaired) electrons. The predicted molar refractivity (Wildman–Crippen MR) is 73.1 cm³/mol. The van der Waals surface area contributed by atoms with E-state index in [0.717, 1.165) is 0 Å². The van der Waals surface area contributed by atoms with Gasteiger partial charge in [-0.1, -0.05) is 0 Å². The zero-order valence-electron chi connectivity index (χ0n) is 11.1. The third-order valence-electron chi connectivity index (χ3n) is 2.98. The Hall–Kier alpha value is -2.67. The fraction of sp³-hybridized carbons (Fsp3) is 0.125. The summed E-state index contributed by atoms with van der Waals surface area (Å²) in [5.74, 6) is -0.143. The molecule has 0 bridgehead atoms. The van der Waals surface area contributed by atoms with E-state index in [-0.39, 0.29) is 5.78 Å². The van der Waals surface area contributed by atoms with Gasteiger partial charge in [0.05, 0.1) is 18.7 Å². The average Bonchev–Trinajstić information content (AvgIpc) is 2.46. The predicted octanol–water partition coefficient (Wildman–Crippen LogP) is 3.58. The molecule has 0 spiro atoms. The second-order valence-electron chi connectivity index (χ2n) is 4.27. The van der Waals surface area contributed by atoms with E-state index in [1.54, 1.807) is 18.2 Å². The number of carbonyl (C=O) groups excluding carboxylic acids is 1. The first kappa shape index (κ1) is 13.8. The highest BCUT2D eigenvalue weighted by Crippen LogP contribution is 2.34. The molecule has 0 N–H and O–H groups in total. The fourth-order valence-electron chi connectivity index (χ4n) is 2.03. The summed E-state index contributed by atoms with van der Waals surface area (Å²) in [6.07, 6.45) is 0. The quantitative estimate of drug-likeness (QED) is 0.800. The number of nitriles is 1. The van der Waals surface area contributed by atoms with Gasteiger partial charge in [-0.15, -0.1) is 0 Å². The van der Waals surface area contributed by atoms with Gasteiger partial charge in [-0.3, -0.25) is 4.79 Å². The zero-order valence-corrected chi connectivity index (χ0v) is 11.1. The van der Waals surface area contributed by atoms with Crippen LogP contribution in [0, 0.1) is 17.1 Å². The molecule has 0 aliphatic rings. The van der Waals surface area contributed by atoms with Crippen LogP contribution in [0.2, 0.25) is 0 Å². The van der Waals surface area contributed by atoms with E-state index in [2.05, 4.69) is 0 Å². The number of ketones is 1. The maximum absolute atomic E-state index is 13.5. The molecule has 4 heteroatoms. The molecule has 0 saturated carbocycles. The number of methoxy groups -OCH3 is 1. The van der Waals surface area contributed by atoms with E-state index in [0.29, 0.717) is 28.0 Å². The normalized spacial score (nSPS) is 9.90. The van der Waals surface area contributed by atoms with Gasteiger partial charge in [0.2, 0.25) is 0 Å². The minimum atomic E-state index is -0.450. The Morgan fingerprint density at radius 2 is 1.95 bits per heavy atom. The molecule has 100 valence electrons. The average molecular weight is 269 g/mol. The number of hydrogen-bond donors (Lipinski definition) is 0. The second-order valence-corrected chi connectivity index (χ2v) is 4.27. The molecule has 2 rings (SSSR count). The van der Waals surface area contributed by atoms with E-state index in [1.165, 1.54) is 32.2 Å². The largest absolute Gasteiger partial charge is 0.496 e. The van der Waals surface area contributed by atoms with Crippen LogP contribution >= 0.6 is 0 Å². The van der Waals surface area contributed by atoms with Crippen molar-refractivity contribution in [2.75, 3.05) is 7.11 Å². The van der Waals surface area contributed by atoms with Crippen LogP contribution in [0.3, 0.4) is 0 Å². The molecule has 0 unspecified atom stereocenters. The summed E-state index contributed by atoms with van der Waals surface area (Å²) in [6.45, 7) is 1.41. The number of halogens is 1. The standard InChI is InChI=1S/C16H12FNO2/c1-10(19)13-5-4-12(17)8-14(13)15-7-11(9-18)3-6-16(15)20-2/h3-8H,1-2H3. The van der Waals surface area contributed by atoms with Gasteiger partial charge < -0.3 is 4.74 Å². The molecule has 2 aromatic rings. The molecule has 0 fully saturated rings. The summed E-state index contributed by atoms with van der Waals surface area (Å²) < 4.78 is 18.7. The molecular weight excluding hydrogens is 257 g/mol. The van der Waals surface area contributed by atoms with Crippen LogP contribution in [0.25, 0.3) is 11.1 Å². The van der Waals surface area contributed by atoms with Gasteiger partial charge in [-0.25, -0.2) is 4.39 Å². The minimum absolute atomic E-state index is 0.176. The van der Waals surface area contributed by atoms with Crippen LogP contribution in [0.15, 0.2) is 36.4 Å². The monoisotopic (exact) mass is 269 g/mol. The lowest BCUT2D eigenvalue weighted by molar-refractivity contribution is 0.101. The zero-order chi connectivity index (χ0) is 14.7. The third kappa shape index (κ3) is 2.52. The van der Waals surface area contributed by atoms with Crippen molar-refractivity contribution in [2.45, 2.75) is 6.92 Å². The highest BCUT2D eigenvalue weighted by Gasteiger charge is 2.15. The van der Waals surface area contributed by atoms with Gasteiger partial charge in [0.25, 0.3) is 0 Å². The summed E-state index contributed by atoms with van der Waals surface area (Å²) in [7, 11) is 1.48. The lowest BCUT2D eigenvalue weighted by Crippen LogP contribution is -1.99. The summed E-state index contributed by atoms with van der Waals surface area (Å²) in [6, 6.07) is 10.8. The number of Topliss-reactive ketones (excluding diaryl/α,β-unsaturated/α-hetero) is 1. The molecule has 0 aliphatic carbocycles. The lowest BCUT2D eigenvalue weighted by Gasteiger charge is -2.12. The summed E-state index contributed by atoms with van der Waals surface area (Å²) in [4.78, 5) is 11.7. The van der Waals surface area contributed by atoms with E-state index in [4.69, 9.17) is 10.00 Å². The molecule has 0 atom stereocenters. The summed E-state index contributed by atoms with van der Waals surface area (Å²) >= 11 is 0. The molecule has 2 aromatic carbocycles. The maximum Gasteiger partial charge on any atom is 0.160 e. The molecule has 3 nitrogen and oxygen atoms in total. The van der Waals surface area contributed by atoms with Crippen molar-refractivity contribution in [3.63, 3.8) is 0 Å². The Bertz CT molecular complexity index is 717. The van der Waals surface area contributed by atoms with Crippen molar-refractivity contribution in [3.05, 3.63) is 53.3 Å². The third-order valence-corrected chi connectivity index (χ3v) is 2.98. The van der Waals surface area contributed by atoms with Gasteiger partial charge in [0.1, 0.15) is 11.6 Å². The van der Waals surface area contributed by atoms with Crippen molar-refractivity contribution < 1.29 is 13.9 Å². The van der Waals surface area contributed by atoms with Crippen LogP contribution in [0.5, 0.6) is 5.75 Å². The van der Waals surface area contributed by atoms with Crippen molar-refractivity contribution in [1.82, 2.24) is 0 Å². The molecule has 0 heterocycles. The number of carbonyl (C=O) groups is 1. The van der Waals surface area contributed by atoms with Crippen molar-refractivity contribution in [1.29, 1.82) is 5.26 Å². The number of hydrogen-bond acceptors (Lipinski definition) is 3. The first-order valence-corrected chi connectivity index (χ1v) is 5.96. The maximum atomic E-state index is 13.5. The van der Waals surface area contributed by atoms with Crippen LogP contribution in [-0.4, -0.2) is 12.9 Å². The van der Waals surface area contributed by atoms with Crippen molar-refractivity contribution in [2.24, 2.45) is 0 Å². The van der Waals surface area contributed by atoms with Gasteiger partial charge in [-0.05, 0) is 48.9 Å². The van der Waals surface area contributed by atoms with E-state index >= 15 is 0 Å². The Morgan fingerprint density at radius 3 is 2.55 bits per heavy atom. The molecular formula is C16H12FNO2. The van der Waals surface area contributed by atoms with Gasteiger partial charge in [0.15, 0.2) is 5.78 Å². The Labute approximate surface area is 116 Å². The first-order valence-electron chi connectivity index (χ1n) is 5.96. The first-order chi connectivity index (χ1) is 9.56. The Balaban J connectivity index is 2.76. The van der Waals surface area contributed by atoms with Crippen LogP contribution < -0.4 is 4.74 Å². The molecule has 0 saturated heterocycles. The van der Waals surface area contributed by atoms with Crippen LogP contribution in [-0.2, 0) is 0 Å². The molecule has 0 amide bonds. The molecule has 0 aliphatic heterocycles. The minimum Gasteiger partial charge on any atom is -0.496 e. The number of nitrogens with zero attached hydrogens (tertiary/aromatic N) is 1. The SMILES string of the molecule is COc1ccc(C#N)cc1-c1cc(F)ccc1C(C)=O. The summed E-state index contributed by atoms with van der Waals surface area (Å²) in [5.41, 5.74) is 1.75. The van der Waals surface area contributed by atoms with Crippen molar-refractivity contribution >= 4 is 5.78 Å². The second kappa shape index (κ2) is 5.54. The number of ether oxygens (including phenoxy) is 1. The summed E-state index contributed by atoms with van der Waals surface area (Å²) in [5, 5.41) is 8.97.